The maximum atomic E-state index is 11.5. The molecule has 0 spiro atoms. The number of benzene rings is 1. The van der Waals surface area contributed by atoms with E-state index in [1.54, 1.807) is 6.07 Å². The van der Waals surface area contributed by atoms with Crippen LogP contribution in [-0.2, 0) is 4.79 Å². The molecule has 0 bridgehead atoms. The smallest absolute Gasteiger partial charge is 0.224 e. The van der Waals surface area contributed by atoms with Gasteiger partial charge in [0.15, 0.2) is 0 Å². The molecule has 4 nitrogen and oxygen atoms in total. The third kappa shape index (κ3) is 2.59. The van der Waals surface area contributed by atoms with Crippen LogP contribution in [0.5, 0.6) is 5.75 Å². The van der Waals surface area contributed by atoms with Crippen LogP contribution in [0, 0.1) is 12.3 Å². The standard InChI is InChI=1S/C15H22N2O2/c1-10-4-5-13(18)12(8-10)11(2)17-7-6-15(3,9-17)14(16)19/h4-5,8,11,18H,6-7,9H2,1-3H3,(H2,16,19). The number of likely N-dealkylation sites (tertiary alicyclic amines) is 1. The van der Waals surface area contributed by atoms with Crippen LogP contribution in [0.1, 0.15) is 37.4 Å². The highest BCUT2D eigenvalue weighted by Crippen LogP contribution is 2.37. The average Bonchev–Trinajstić information content (AvgIpc) is 2.76. The molecule has 0 saturated carbocycles. The van der Waals surface area contributed by atoms with E-state index in [1.807, 2.05) is 26.0 Å². The molecule has 2 atom stereocenters. The van der Waals surface area contributed by atoms with Crippen LogP contribution in [0.2, 0.25) is 0 Å². The van der Waals surface area contributed by atoms with Crippen molar-refractivity contribution < 1.29 is 9.90 Å². The fourth-order valence-corrected chi connectivity index (χ4v) is 2.73. The monoisotopic (exact) mass is 262 g/mol. The van der Waals surface area contributed by atoms with E-state index in [-0.39, 0.29) is 11.9 Å². The molecule has 19 heavy (non-hydrogen) atoms. The van der Waals surface area contributed by atoms with Crippen molar-refractivity contribution in [3.05, 3.63) is 29.3 Å². The number of phenolic OH excluding ortho intramolecular Hbond substituents is 1. The SMILES string of the molecule is Cc1ccc(O)c(C(C)N2CCC(C)(C(N)=O)C2)c1. The van der Waals surface area contributed by atoms with Crippen LogP contribution in [0.3, 0.4) is 0 Å². The van der Waals surface area contributed by atoms with Gasteiger partial charge in [0.1, 0.15) is 5.75 Å². The van der Waals surface area contributed by atoms with E-state index >= 15 is 0 Å². The number of carbonyl (C=O) groups excluding carboxylic acids is 1. The van der Waals surface area contributed by atoms with E-state index in [2.05, 4.69) is 11.8 Å². The van der Waals surface area contributed by atoms with Gasteiger partial charge in [-0.1, -0.05) is 17.7 Å². The Labute approximate surface area is 114 Å². The Kier molecular flexibility index (Phi) is 3.54. The summed E-state index contributed by atoms with van der Waals surface area (Å²) in [7, 11) is 0. The minimum Gasteiger partial charge on any atom is -0.508 e. The van der Waals surface area contributed by atoms with Gasteiger partial charge in [-0.15, -0.1) is 0 Å². The summed E-state index contributed by atoms with van der Waals surface area (Å²) in [5, 5.41) is 9.99. The first-order valence-corrected chi connectivity index (χ1v) is 6.67. The van der Waals surface area contributed by atoms with Gasteiger partial charge in [-0.3, -0.25) is 9.69 Å². The molecule has 1 heterocycles. The Balaban J connectivity index is 2.20. The molecule has 1 aliphatic heterocycles. The summed E-state index contributed by atoms with van der Waals surface area (Å²) in [4.78, 5) is 13.7. The third-order valence-corrected chi connectivity index (χ3v) is 4.28. The molecule has 1 aliphatic rings. The summed E-state index contributed by atoms with van der Waals surface area (Å²) in [6.45, 7) is 7.46. The number of rotatable bonds is 3. The van der Waals surface area contributed by atoms with Gasteiger partial charge in [-0.2, -0.15) is 0 Å². The van der Waals surface area contributed by atoms with Crippen LogP contribution < -0.4 is 5.73 Å². The van der Waals surface area contributed by atoms with Crippen LogP contribution in [0.25, 0.3) is 0 Å². The van der Waals surface area contributed by atoms with Gasteiger partial charge in [-0.05, 0) is 39.8 Å². The number of hydrogen-bond donors (Lipinski definition) is 2. The van der Waals surface area contributed by atoms with E-state index < -0.39 is 5.41 Å². The maximum Gasteiger partial charge on any atom is 0.224 e. The molecule has 1 aromatic rings. The molecule has 1 aromatic carbocycles. The van der Waals surface area contributed by atoms with E-state index in [4.69, 9.17) is 5.73 Å². The van der Waals surface area contributed by atoms with Crippen molar-refractivity contribution in [1.29, 1.82) is 0 Å². The lowest BCUT2D eigenvalue weighted by molar-refractivity contribution is -0.126. The topological polar surface area (TPSA) is 66.6 Å². The molecule has 104 valence electrons. The molecule has 0 radical (unpaired) electrons. The van der Waals surface area contributed by atoms with Crippen molar-refractivity contribution >= 4 is 5.91 Å². The molecule has 0 aromatic heterocycles. The molecule has 2 unspecified atom stereocenters. The van der Waals surface area contributed by atoms with Crippen molar-refractivity contribution in [3.8, 4) is 5.75 Å². The molecule has 1 fully saturated rings. The second-order valence-electron chi connectivity index (χ2n) is 5.88. The number of amides is 1. The number of aromatic hydroxyl groups is 1. The normalized spacial score (nSPS) is 25.4. The van der Waals surface area contributed by atoms with Crippen molar-refractivity contribution in [1.82, 2.24) is 4.90 Å². The minimum atomic E-state index is -0.451. The van der Waals surface area contributed by atoms with E-state index in [0.717, 1.165) is 24.1 Å². The van der Waals surface area contributed by atoms with E-state index in [1.165, 1.54) is 0 Å². The van der Waals surface area contributed by atoms with Gasteiger partial charge in [0, 0.05) is 18.2 Å². The predicted molar refractivity (Wildman–Crippen MR) is 74.8 cm³/mol. The van der Waals surface area contributed by atoms with Crippen LogP contribution in [0.4, 0.5) is 0 Å². The summed E-state index contributed by atoms with van der Waals surface area (Å²) in [5.41, 5.74) is 7.05. The van der Waals surface area contributed by atoms with Gasteiger partial charge in [0.05, 0.1) is 5.41 Å². The van der Waals surface area contributed by atoms with Gasteiger partial charge < -0.3 is 10.8 Å². The van der Waals surface area contributed by atoms with Crippen molar-refractivity contribution in [2.24, 2.45) is 11.1 Å². The molecule has 0 aliphatic carbocycles. The first kappa shape index (κ1) is 13.9. The Morgan fingerprint density at radius 2 is 2.21 bits per heavy atom. The Bertz CT molecular complexity index is 501. The first-order valence-electron chi connectivity index (χ1n) is 6.67. The Morgan fingerprint density at radius 1 is 1.53 bits per heavy atom. The lowest BCUT2D eigenvalue weighted by Gasteiger charge is -2.27. The number of carbonyl (C=O) groups is 1. The quantitative estimate of drug-likeness (QED) is 0.875. The average molecular weight is 262 g/mol. The van der Waals surface area contributed by atoms with E-state index in [0.29, 0.717) is 12.3 Å². The fraction of sp³-hybridized carbons (Fsp3) is 0.533. The highest BCUT2D eigenvalue weighted by atomic mass is 16.3. The number of nitrogens with two attached hydrogens (primary N) is 1. The Hall–Kier alpha value is -1.55. The summed E-state index contributed by atoms with van der Waals surface area (Å²) in [6.07, 6.45) is 0.777. The van der Waals surface area contributed by atoms with Crippen molar-refractivity contribution in [2.45, 2.75) is 33.2 Å². The summed E-state index contributed by atoms with van der Waals surface area (Å²) < 4.78 is 0. The second kappa shape index (κ2) is 4.85. The van der Waals surface area contributed by atoms with Crippen LogP contribution >= 0.6 is 0 Å². The molecular formula is C15H22N2O2. The highest BCUT2D eigenvalue weighted by molar-refractivity contribution is 5.81. The first-order chi connectivity index (χ1) is 8.83. The lowest BCUT2D eigenvalue weighted by Crippen LogP contribution is -2.37. The predicted octanol–water partition coefficient (Wildman–Crippen LogP) is 1.96. The minimum absolute atomic E-state index is 0.0843. The second-order valence-corrected chi connectivity index (χ2v) is 5.88. The van der Waals surface area contributed by atoms with Gasteiger partial charge in [0.2, 0.25) is 5.91 Å². The number of nitrogens with zero attached hydrogens (tertiary/aromatic N) is 1. The van der Waals surface area contributed by atoms with E-state index in [9.17, 15) is 9.90 Å². The van der Waals surface area contributed by atoms with Crippen LogP contribution in [0.15, 0.2) is 18.2 Å². The molecule has 4 heteroatoms. The fourth-order valence-electron chi connectivity index (χ4n) is 2.73. The maximum absolute atomic E-state index is 11.5. The summed E-state index contributed by atoms with van der Waals surface area (Å²) in [6, 6.07) is 5.70. The van der Waals surface area contributed by atoms with Gasteiger partial charge >= 0.3 is 0 Å². The molecule has 3 N–H and O–H groups in total. The number of phenols is 1. The molecule has 2 rings (SSSR count). The molecular weight excluding hydrogens is 240 g/mol. The summed E-state index contributed by atoms with van der Waals surface area (Å²) >= 11 is 0. The van der Waals surface area contributed by atoms with Crippen molar-refractivity contribution in [3.63, 3.8) is 0 Å². The Morgan fingerprint density at radius 3 is 2.79 bits per heavy atom. The zero-order valence-electron chi connectivity index (χ0n) is 11.8. The zero-order valence-corrected chi connectivity index (χ0v) is 11.8. The van der Waals surface area contributed by atoms with Gasteiger partial charge in [-0.25, -0.2) is 0 Å². The largest absolute Gasteiger partial charge is 0.508 e. The van der Waals surface area contributed by atoms with Crippen molar-refractivity contribution in [2.75, 3.05) is 13.1 Å². The molecule has 1 saturated heterocycles. The number of primary amides is 1. The lowest BCUT2D eigenvalue weighted by atomic mass is 9.89. The summed E-state index contributed by atoms with van der Waals surface area (Å²) in [5.74, 6) is 0.0708. The number of aryl methyl sites for hydroxylation is 1. The highest BCUT2D eigenvalue weighted by Gasteiger charge is 2.40. The van der Waals surface area contributed by atoms with Crippen LogP contribution in [-0.4, -0.2) is 29.0 Å². The van der Waals surface area contributed by atoms with Gasteiger partial charge in [0.25, 0.3) is 0 Å². The number of hydrogen-bond acceptors (Lipinski definition) is 3. The zero-order chi connectivity index (χ0) is 14.2. The third-order valence-electron chi connectivity index (χ3n) is 4.28. The molecule has 1 amide bonds.